The molecule has 1 saturated carbocycles. The zero-order chi connectivity index (χ0) is 28.9. The molecule has 3 aromatic rings. The van der Waals surface area contributed by atoms with Gasteiger partial charge in [0.15, 0.2) is 0 Å². The minimum absolute atomic E-state index is 0.137. The summed E-state index contributed by atoms with van der Waals surface area (Å²) >= 11 is 0. The summed E-state index contributed by atoms with van der Waals surface area (Å²) in [5.41, 5.74) is 2.59. The molecule has 0 N–H and O–H groups in total. The monoisotopic (exact) mass is 573 g/mol. The number of benzene rings is 1. The summed E-state index contributed by atoms with van der Waals surface area (Å²) in [5.74, 6) is 0.901. The van der Waals surface area contributed by atoms with Gasteiger partial charge in [-0.15, -0.1) is 0 Å². The van der Waals surface area contributed by atoms with Crippen LogP contribution in [-0.2, 0) is 27.2 Å². The number of imidazole rings is 1. The lowest BCUT2D eigenvalue weighted by Gasteiger charge is -2.28. The van der Waals surface area contributed by atoms with Gasteiger partial charge < -0.3 is 9.47 Å². The van der Waals surface area contributed by atoms with Crippen LogP contribution in [0.5, 0.6) is 0 Å². The number of ether oxygens (including phenoxy) is 2. The van der Waals surface area contributed by atoms with Crippen molar-refractivity contribution in [2.45, 2.75) is 76.6 Å². The minimum atomic E-state index is -4.54. The number of nitrogens with zero attached hydrogens (tertiary/aromatic N) is 3. The van der Waals surface area contributed by atoms with Crippen molar-refractivity contribution in [1.29, 1.82) is 0 Å². The second-order valence-electron chi connectivity index (χ2n) is 11.8. The lowest BCUT2D eigenvalue weighted by Crippen LogP contribution is -2.23. The molecule has 0 bridgehead atoms. The van der Waals surface area contributed by atoms with E-state index >= 15 is 0 Å². The topological polar surface area (TPSA) is 66.2 Å². The summed E-state index contributed by atoms with van der Waals surface area (Å²) in [4.78, 5) is 20.2. The summed E-state index contributed by atoms with van der Waals surface area (Å²) in [6, 6.07) is 12.7. The highest BCUT2D eigenvalue weighted by atomic mass is 28.3. The molecule has 0 radical (unpaired) electrons. The highest BCUT2D eigenvalue weighted by Crippen LogP contribution is 2.38. The first-order valence-electron chi connectivity index (χ1n) is 13.8. The second kappa shape index (κ2) is 12.7. The SMILES string of the molecule is COC(=O)C[C@H]1CC[C@H](c2ccc(-c3ccc(-c4ncc(C(F)(F)F)n4COCC[Si](C)(C)C)cn3)cc2)CC1. The second-order valence-corrected chi connectivity index (χ2v) is 17.4. The first kappa shape index (κ1) is 30.0. The van der Waals surface area contributed by atoms with Gasteiger partial charge >= 0.3 is 12.1 Å². The molecular weight excluding hydrogens is 535 g/mol. The summed E-state index contributed by atoms with van der Waals surface area (Å²) in [6.07, 6.45) is 2.49. The van der Waals surface area contributed by atoms with Crippen LogP contribution in [0.3, 0.4) is 0 Å². The number of aromatic nitrogens is 3. The van der Waals surface area contributed by atoms with E-state index in [4.69, 9.17) is 9.47 Å². The van der Waals surface area contributed by atoms with E-state index in [1.807, 2.05) is 12.1 Å². The van der Waals surface area contributed by atoms with Gasteiger partial charge in [0.2, 0.25) is 0 Å². The van der Waals surface area contributed by atoms with Crippen molar-refractivity contribution in [2.75, 3.05) is 13.7 Å². The molecule has 0 aliphatic heterocycles. The molecule has 1 fully saturated rings. The van der Waals surface area contributed by atoms with Gasteiger partial charge in [0, 0.05) is 38.4 Å². The van der Waals surface area contributed by atoms with E-state index in [2.05, 4.69) is 41.7 Å². The highest BCUT2D eigenvalue weighted by molar-refractivity contribution is 6.76. The van der Waals surface area contributed by atoms with Crippen LogP contribution in [-0.4, -0.2) is 42.3 Å². The fourth-order valence-corrected chi connectivity index (χ4v) is 5.90. The molecule has 0 spiro atoms. The standard InChI is InChI=1S/C30H38F3N3O3Si/c1-38-28(37)17-21-5-7-22(8-6-21)23-9-11-24(12-10-23)26-14-13-25(18-34-26)29-35-19-27(30(31,32)33)36(29)20-39-15-16-40(2,3)4/h9-14,18-19,21-22H,5-8,15-17,20H2,1-4H3/t21-,22-. The normalized spacial score (nSPS) is 18.1. The van der Waals surface area contributed by atoms with E-state index in [0.717, 1.165) is 53.7 Å². The Balaban J connectivity index is 1.43. The summed E-state index contributed by atoms with van der Waals surface area (Å²) in [5, 5.41) is 0. The van der Waals surface area contributed by atoms with E-state index in [9.17, 15) is 18.0 Å². The van der Waals surface area contributed by atoms with Crippen LogP contribution in [0.4, 0.5) is 13.2 Å². The molecular formula is C30H38F3N3O3Si. The predicted molar refractivity (Wildman–Crippen MR) is 151 cm³/mol. The van der Waals surface area contributed by atoms with Gasteiger partial charge in [0.05, 0.1) is 19.0 Å². The Hall–Kier alpha value is -2.98. The Morgan fingerprint density at radius 2 is 1.65 bits per heavy atom. The average Bonchev–Trinajstić information content (AvgIpc) is 3.36. The Morgan fingerprint density at radius 3 is 2.23 bits per heavy atom. The van der Waals surface area contributed by atoms with Crippen LogP contribution in [0.2, 0.25) is 25.7 Å². The van der Waals surface area contributed by atoms with Crippen molar-refractivity contribution in [3.8, 4) is 22.6 Å². The quantitative estimate of drug-likeness (QED) is 0.141. The Labute approximate surface area is 235 Å². The van der Waals surface area contributed by atoms with Crippen molar-refractivity contribution in [3.63, 3.8) is 0 Å². The molecule has 6 nitrogen and oxygen atoms in total. The first-order valence-corrected chi connectivity index (χ1v) is 17.5. The van der Waals surface area contributed by atoms with Gasteiger partial charge in [-0.1, -0.05) is 43.9 Å². The number of carbonyl (C=O) groups is 1. The van der Waals surface area contributed by atoms with E-state index in [1.54, 1.807) is 18.3 Å². The third-order valence-corrected chi connectivity index (χ3v) is 9.30. The molecule has 0 saturated heterocycles. The molecule has 1 aliphatic carbocycles. The largest absolute Gasteiger partial charge is 0.469 e. The summed E-state index contributed by atoms with van der Waals surface area (Å²) < 4.78 is 52.5. The first-order chi connectivity index (χ1) is 18.9. The maximum Gasteiger partial charge on any atom is 0.433 e. The van der Waals surface area contributed by atoms with E-state index in [0.29, 0.717) is 30.4 Å². The highest BCUT2D eigenvalue weighted by Gasteiger charge is 2.36. The lowest BCUT2D eigenvalue weighted by atomic mass is 9.77. The van der Waals surface area contributed by atoms with Crippen molar-refractivity contribution < 1.29 is 27.4 Å². The van der Waals surface area contributed by atoms with E-state index in [-0.39, 0.29) is 18.5 Å². The molecule has 216 valence electrons. The lowest BCUT2D eigenvalue weighted by molar-refractivity contribution is -0.145. The molecule has 0 atom stereocenters. The number of rotatable bonds is 10. The number of halogens is 3. The zero-order valence-corrected chi connectivity index (χ0v) is 24.6. The van der Waals surface area contributed by atoms with E-state index in [1.165, 1.54) is 12.7 Å². The molecule has 1 aromatic carbocycles. The number of esters is 1. The Bertz CT molecular complexity index is 1260. The van der Waals surface area contributed by atoms with Crippen molar-refractivity contribution >= 4 is 14.0 Å². The third-order valence-electron chi connectivity index (χ3n) is 7.59. The van der Waals surface area contributed by atoms with E-state index < -0.39 is 19.9 Å². The number of hydrogen-bond acceptors (Lipinski definition) is 5. The Kier molecular flexibility index (Phi) is 9.51. The number of methoxy groups -OCH3 is 1. The molecule has 0 amide bonds. The van der Waals surface area contributed by atoms with Gasteiger partial charge in [-0.05, 0) is 61.3 Å². The molecule has 2 heterocycles. The smallest absolute Gasteiger partial charge is 0.433 e. The predicted octanol–water partition coefficient (Wildman–Crippen LogP) is 7.78. The number of hydrogen-bond donors (Lipinski definition) is 0. The maximum absolute atomic E-state index is 13.7. The van der Waals surface area contributed by atoms with Gasteiger partial charge in [0.25, 0.3) is 0 Å². The maximum atomic E-state index is 13.7. The molecule has 4 rings (SSSR count). The van der Waals surface area contributed by atoms with Crippen molar-refractivity contribution in [2.24, 2.45) is 5.92 Å². The van der Waals surface area contributed by atoms with Gasteiger partial charge in [-0.3, -0.25) is 14.3 Å². The number of alkyl halides is 3. The summed E-state index contributed by atoms with van der Waals surface area (Å²) in [6.45, 7) is 6.78. The van der Waals surface area contributed by atoms with Crippen LogP contribution < -0.4 is 0 Å². The fraction of sp³-hybridized carbons (Fsp3) is 0.500. The third kappa shape index (κ3) is 7.81. The molecule has 2 aromatic heterocycles. The minimum Gasteiger partial charge on any atom is -0.469 e. The molecule has 40 heavy (non-hydrogen) atoms. The molecule has 10 heteroatoms. The zero-order valence-electron chi connectivity index (χ0n) is 23.6. The fourth-order valence-electron chi connectivity index (χ4n) is 5.14. The average molecular weight is 574 g/mol. The van der Waals surface area contributed by atoms with Gasteiger partial charge in [-0.25, -0.2) is 4.98 Å². The van der Waals surface area contributed by atoms with Crippen molar-refractivity contribution in [3.05, 3.63) is 60.0 Å². The molecule has 0 unspecified atom stereocenters. The van der Waals surface area contributed by atoms with Crippen molar-refractivity contribution in [1.82, 2.24) is 14.5 Å². The van der Waals surface area contributed by atoms with Crippen LogP contribution >= 0.6 is 0 Å². The van der Waals surface area contributed by atoms with Crippen LogP contribution in [0, 0.1) is 5.92 Å². The Morgan fingerprint density at radius 1 is 0.975 bits per heavy atom. The molecule has 1 aliphatic rings. The van der Waals surface area contributed by atoms with Gasteiger partial charge in [-0.2, -0.15) is 13.2 Å². The van der Waals surface area contributed by atoms with Crippen LogP contribution in [0.15, 0.2) is 48.8 Å². The van der Waals surface area contributed by atoms with Crippen LogP contribution in [0.25, 0.3) is 22.6 Å². The number of pyridine rings is 1. The number of carbonyl (C=O) groups excluding carboxylic acids is 1. The van der Waals surface area contributed by atoms with Crippen LogP contribution in [0.1, 0.15) is 49.3 Å². The summed E-state index contributed by atoms with van der Waals surface area (Å²) in [7, 11) is 0.0664. The van der Waals surface area contributed by atoms with Gasteiger partial charge in [0.1, 0.15) is 18.2 Å².